The first-order valence-electron chi connectivity index (χ1n) is 8.53. The lowest BCUT2D eigenvalue weighted by molar-refractivity contribution is 0.0600. The molecule has 3 aromatic rings. The van der Waals surface area contributed by atoms with Crippen molar-refractivity contribution in [3.63, 3.8) is 0 Å². The molecule has 0 bridgehead atoms. The second kappa shape index (κ2) is 7.53. The molecule has 0 spiro atoms. The Morgan fingerprint density at radius 3 is 2.63 bits per heavy atom. The van der Waals surface area contributed by atoms with E-state index in [1.54, 1.807) is 0 Å². The second-order valence-electron chi connectivity index (χ2n) is 6.07. The summed E-state index contributed by atoms with van der Waals surface area (Å²) in [6, 6.07) is 11.0. The number of hydrogen-bond donors (Lipinski definition) is 1. The van der Waals surface area contributed by atoms with E-state index in [0.29, 0.717) is 22.9 Å². The standard InChI is InChI=1S/C21H19FN2O3/c1-4-16-12(2)19(14-7-5-6-8-17(14)23-16)20(25)24-18-11-13(21(26)27-3)9-10-15(18)22/h5-11H,4H2,1-3H3,(H,24,25). The predicted octanol–water partition coefficient (Wildman–Crippen LogP) is 4.28. The third kappa shape index (κ3) is 3.51. The van der Waals surface area contributed by atoms with Crippen molar-refractivity contribution in [2.75, 3.05) is 12.4 Å². The molecule has 0 aliphatic heterocycles. The lowest BCUT2D eigenvalue weighted by Crippen LogP contribution is -2.17. The number of pyridine rings is 1. The largest absolute Gasteiger partial charge is 0.465 e. The van der Waals surface area contributed by atoms with Crippen molar-refractivity contribution in [2.45, 2.75) is 20.3 Å². The zero-order chi connectivity index (χ0) is 19.6. The fourth-order valence-electron chi connectivity index (χ4n) is 3.05. The number of halogens is 1. The Morgan fingerprint density at radius 1 is 1.19 bits per heavy atom. The first kappa shape index (κ1) is 18.5. The summed E-state index contributed by atoms with van der Waals surface area (Å²) in [5.74, 6) is -1.70. The van der Waals surface area contributed by atoms with Gasteiger partial charge in [-0.3, -0.25) is 9.78 Å². The minimum atomic E-state index is -0.636. The van der Waals surface area contributed by atoms with Gasteiger partial charge in [-0.15, -0.1) is 0 Å². The number of amides is 1. The molecule has 0 atom stereocenters. The SMILES string of the molecule is CCc1nc2ccccc2c(C(=O)Nc2cc(C(=O)OC)ccc2F)c1C. The molecular formula is C21H19FN2O3. The summed E-state index contributed by atoms with van der Waals surface area (Å²) in [6.07, 6.45) is 0.670. The molecule has 1 heterocycles. The van der Waals surface area contributed by atoms with Gasteiger partial charge < -0.3 is 10.1 Å². The quantitative estimate of drug-likeness (QED) is 0.700. The predicted molar refractivity (Wildman–Crippen MR) is 102 cm³/mol. The third-order valence-electron chi connectivity index (χ3n) is 4.43. The molecular weight excluding hydrogens is 347 g/mol. The molecule has 0 aliphatic carbocycles. The monoisotopic (exact) mass is 366 g/mol. The summed E-state index contributed by atoms with van der Waals surface area (Å²) in [4.78, 5) is 29.3. The average Bonchev–Trinajstić information content (AvgIpc) is 2.68. The van der Waals surface area contributed by atoms with Crippen LogP contribution in [0.2, 0.25) is 0 Å². The molecule has 0 fully saturated rings. The lowest BCUT2D eigenvalue weighted by Gasteiger charge is -2.14. The normalized spacial score (nSPS) is 10.7. The van der Waals surface area contributed by atoms with E-state index in [9.17, 15) is 14.0 Å². The smallest absolute Gasteiger partial charge is 0.337 e. The molecule has 0 saturated carbocycles. The molecule has 27 heavy (non-hydrogen) atoms. The van der Waals surface area contributed by atoms with Gasteiger partial charge in [0.2, 0.25) is 0 Å². The van der Waals surface area contributed by atoms with Crippen LogP contribution in [0.25, 0.3) is 10.9 Å². The fraction of sp³-hybridized carbons (Fsp3) is 0.190. The summed E-state index contributed by atoms with van der Waals surface area (Å²) in [6.45, 7) is 3.79. The molecule has 6 heteroatoms. The molecule has 138 valence electrons. The molecule has 2 aromatic carbocycles. The van der Waals surface area contributed by atoms with Crippen LogP contribution in [0, 0.1) is 12.7 Å². The van der Waals surface area contributed by atoms with Crippen molar-refractivity contribution in [3.05, 3.63) is 70.7 Å². The number of fused-ring (bicyclic) bond motifs is 1. The van der Waals surface area contributed by atoms with E-state index >= 15 is 0 Å². The Morgan fingerprint density at radius 2 is 1.93 bits per heavy atom. The summed E-state index contributed by atoms with van der Waals surface area (Å²) in [5, 5.41) is 3.27. The van der Waals surface area contributed by atoms with Gasteiger partial charge in [-0.2, -0.15) is 0 Å². The topological polar surface area (TPSA) is 68.3 Å². The molecule has 1 amide bonds. The Balaban J connectivity index is 2.07. The van der Waals surface area contributed by atoms with E-state index < -0.39 is 17.7 Å². The van der Waals surface area contributed by atoms with Gasteiger partial charge in [0.25, 0.3) is 5.91 Å². The van der Waals surface area contributed by atoms with E-state index in [1.165, 1.54) is 19.2 Å². The van der Waals surface area contributed by atoms with E-state index in [0.717, 1.165) is 17.3 Å². The van der Waals surface area contributed by atoms with Crippen LogP contribution in [0.1, 0.15) is 38.9 Å². The van der Waals surface area contributed by atoms with Crippen molar-refractivity contribution in [3.8, 4) is 0 Å². The molecule has 1 N–H and O–H groups in total. The average molecular weight is 366 g/mol. The van der Waals surface area contributed by atoms with Crippen LogP contribution in [0.3, 0.4) is 0 Å². The molecule has 3 rings (SSSR count). The van der Waals surface area contributed by atoms with E-state index in [1.807, 2.05) is 38.1 Å². The number of aromatic nitrogens is 1. The van der Waals surface area contributed by atoms with Crippen molar-refractivity contribution in [2.24, 2.45) is 0 Å². The zero-order valence-electron chi connectivity index (χ0n) is 15.3. The number of ether oxygens (including phenoxy) is 1. The molecule has 5 nitrogen and oxygen atoms in total. The highest BCUT2D eigenvalue weighted by molar-refractivity contribution is 6.13. The molecule has 0 saturated heterocycles. The van der Waals surface area contributed by atoms with Crippen molar-refractivity contribution >= 4 is 28.5 Å². The maximum atomic E-state index is 14.2. The number of nitrogens with one attached hydrogen (secondary N) is 1. The third-order valence-corrected chi connectivity index (χ3v) is 4.43. The molecule has 0 unspecified atom stereocenters. The number of hydrogen-bond acceptors (Lipinski definition) is 4. The summed E-state index contributed by atoms with van der Waals surface area (Å²) in [5.41, 5.74) is 2.77. The van der Waals surface area contributed by atoms with Gasteiger partial charge in [0.1, 0.15) is 5.82 Å². The summed E-state index contributed by atoms with van der Waals surface area (Å²) >= 11 is 0. The Labute approximate surface area is 156 Å². The Bertz CT molecular complexity index is 1050. The first-order valence-corrected chi connectivity index (χ1v) is 8.53. The van der Waals surface area contributed by atoms with Gasteiger partial charge in [-0.25, -0.2) is 9.18 Å². The minimum Gasteiger partial charge on any atom is -0.465 e. The number of rotatable bonds is 4. The van der Waals surface area contributed by atoms with E-state index in [2.05, 4.69) is 15.0 Å². The Kier molecular flexibility index (Phi) is 5.16. The number of esters is 1. The van der Waals surface area contributed by atoms with Gasteiger partial charge in [0.15, 0.2) is 0 Å². The maximum absolute atomic E-state index is 14.2. The highest BCUT2D eigenvalue weighted by Crippen LogP contribution is 2.25. The van der Waals surface area contributed by atoms with Crippen LogP contribution in [0.5, 0.6) is 0 Å². The van der Waals surface area contributed by atoms with Gasteiger partial charge in [0.05, 0.1) is 29.4 Å². The second-order valence-corrected chi connectivity index (χ2v) is 6.07. The highest BCUT2D eigenvalue weighted by atomic mass is 19.1. The molecule has 0 aliphatic rings. The van der Waals surface area contributed by atoms with Crippen LogP contribution < -0.4 is 5.32 Å². The van der Waals surface area contributed by atoms with Crippen molar-refractivity contribution in [1.29, 1.82) is 0 Å². The van der Waals surface area contributed by atoms with Gasteiger partial charge in [-0.1, -0.05) is 25.1 Å². The molecule has 1 aromatic heterocycles. The summed E-state index contributed by atoms with van der Waals surface area (Å²) < 4.78 is 18.8. The number of carbonyl (C=O) groups excluding carboxylic acids is 2. The van der Waals surface area contributed by atoms with Crippen LogP contribution >= 0.6 is 0 Å². The van der Waals surface area contributed by atoms with Crippen LogP contribution in [-0.4, -0.2) is 24.0 Å². The fourth-order valence-corrected chi connectivity index (χ4v) is 3.05. The summed E-state index contributed by atoms with van der Waals surface area (Å²) in [7, 11) is 1.24. The van der Waals surface area contributed by atoms with Crippen LogP contribution in [0.4, 0.5) is 10.1 Å². The van der Waals surface area contributed by atoms with Crippen molar-refractivity contribution in [1.82, 2.24) is 4.98 Å². The first-order chi connectivity index (χ1) is 13.0. The zero-order valence-corrected chi connectivity index (χ0v) is 15.3. The van der Waals surface area contributed by atoms with Crippen molar-refractivity contribution < 1.29 is 18.7 Å². The van der Waals surface area contributed by atoms with E-state index in [-0.39, 0.29) is 11.3 Å². The minimum absolute atomic E-state index is 0.0822. The highest BCUT2D eigenvalue weighted by Gasteiger charge is 2.19. The number of anilines is 1. The number of nitrogens with zero attached hydrogens (tertiary/aromatic N) is 1. The van der Waals surface area contributed by atoms with Crippen LogP contribution in [0.15, 0.2) is 42.5 Å². The molecule has 0 radical (unpaired) electrons. The Hall–Kier alpha value is -3.28. The number of para-hydroxylation sites is 1. The van der Waals surface area contributed by atoms with Crippen LogP contribution in [-0.2, 0) is 11.2 Å². The number of carbonyl (C=O) groups is 2. The van der Waals surface area contributed by atoms with Gasteiger partial charge in [0, 0.05) is 11.1 Å². The maximum Gasteiger partial charge on any atom is 0.337 e. The van der Waals surface area contributed by atoms with E-state index in [4.69, 9.17) is 0 Å². The van der Waals surface area contributed by atoms with Gasteiger partial charge in [-0.05, 0) is 43.2 Å². The number of methoxy groups -OCH3 is 1. The number of benzene rings is 2. The van der Waals surface area contributed by atoms with Gasteiger partial charge >= 0.3 is 5.97 Å². The number of aryl methyl sites for hydroxylation is 1. The lowest BCUT2D eigenvalue weighted by atomic mass is 9.99.